The second-order valence-corrected chi connectivity index (χ2v) is 5.54. The van der Waals surface area contributed by atoms with Gasteiger partial charge in [0.05, 0.1) is 21.2 Å². The van der Waals surface area contributed by atoms with Gasteiger partial charge in [-0.2, -0.15) is 8.78 Å². The number of amides is 1. The molecule has 0 radical (unpaired) electrons. The summed E-state index contributed by atoms with van der Waals surface area (Å²) >= 11 is 6.20. The number of pyridine rings is 1. The Morgan fingerprint density at radius 1 is 1.33 bits per heavy atom. The summed E-state index contributed by atoms with van der Waals surface area (Å²) < 4.78 is 25.1. The van der Waals surface area contributed by atoms with Crippen molar-refractivity contribution in [2.24, 2.45) is 0 Å². The molecule has 0 saturated heterocycles. The topological polar surface area (TPSA) is 42.0 Å². The number of rotatable bonds is 4. The standard InChI is InChI=1S/C14H11ClF2N2OS/c1-8-5-6-9(7-18-8)13(20)19-11-4-2-3-10(15)12(11)21-14(16)17/h2-7,14H,1H3,(H,19,20). The Balaban J connectivity index is 2.24. The Kier molecular flexibility index (Phi) is 5.14. The Morgan fingerprint density at radius 3 is 2.71 bits per heavy atom. The van der Waals surface area contributed by atoms with Crippen molar-refractivity contribution in [3.8, 4) is 0 Å². The van der Waals surface area contributed by atoms with Crippen LogP contribution in [0.25, 0.3) is 0 Å². The number of halogens is 3. The molecule has 0 atom stereocenters. The molecule has 110 valence electrons. The average molecular weight is 329 g/mol. The van der Waals surface area contributed by atoms with Gasteiger partial charge in [0, 0.05) is 11.9 Å². The number of aryl methyl sites for hydroxylation is 1. The van der Waals surface area contributed by atoms with E-state index in [4.69, 9.17) is 11.6 Å². The number of carbonyl (C=O) groups is 1. The van der Waals surface area contributed by atoms with Gasteiger partial charge in [-0.25, -0.2) is 0 Å². The molecule has 2 aromatic rings. The van der Waals surface area contributed by atoms with E-state index in [1.54, 1.807) is 25.1 Å². The molecule has 0 aliphatic rings. The fraction of sp³-hybridized carbons (Fsp3) is 0.143. The van der Waals surface area contributed by atoms with Gasteiger partial charge in [-0.15, -0.1) is 0 Å². The van der Waals surface area contributed by atoms with Crippen LogP contribution in [0.2, 0.25) is 5.02 Å². The van der Waals surface area contributed by atoms with Crippen LogP contribution in [0.4, 0.5) is 14.5 Å². The van der Waals surface area contributed by atoms with Crippen molar-refractivity contribution >= 4 is 35.0 Å². The quantitative estimate of drug-likeness (QED) is 0.833. The molecule has 3 nitrogen and oxygen atoms in total. The summed E-state index contributed by atoms with van der Waals surface area (Å²) in [6.07, 6.45) is 1.43. The Labute approximate surface area is 129 Å². The third-order valence-electron chi connectivity index (χ3n) is 2.60. The first-order valence-corrected chi connectivity index (χ1v) is 7.20. The number of benzene rings is 1. The first-order chi connectivity index (χ1) is 9.97. The zero-order chi connectivity index (χ0) is 15.4. The van der Waals surface area contributed by atoms with Crippen LogP contribution in [-0.2, 0) is 0 Å². The summed E-state index contributed by atoms with van der Waals surface area (Å²) in [6.45, 7) is 1.80. The molecule has 1 heterocycles. The minimum absolute atomic E-state index is 0.141. The molecule has 0 saturated carbocycles. The van der Waals surface area contributed by atoms with Gasteiger partial charge in [-0.05, 0) is 31.2 Å². The molecular formula is C14H11ClF2N2OS. The third-order valence-corrected chi connectivity index (χ3v) is 3.88. The molecule has 21 heavy (non-hydrogen) atoms. The smallest absolute Gasteiger partial charge is 0.289 e. The van der Waals surface area contributed by atoms with Gasteiger partial charge < -0.3 is 5.32 Å². The molecule has 0 unspecified atom stereocenters. The van der Waals surface area contributed by atoms with E-state index in [2.05, 4.69) is 10.3 Å². The summed E-state index contributed by atoms with van der Waals surface area (Å²) in [5, 5.41) is 2.74. The van der Waals surface area contributed by atoms with Gasteiger partial charge in [0.25, 0.3) is 11.7 Å². The molecular weight excluding hydrogens is 318 g/mol. The molecule has 1 N–H and O–H groups in total. The molecule has 2 rings (SSSR count). The van der Waals surface area contributed by atoms with Crippen molar-refractivity contribution in [1.82, 2.24) is 4.98 Å². The number of nitrogens with one attached hydrogen (secondary N) is 1. The fourth-order valence-corrected chi connectivity index (χ4v) is 2.53. The normalized spacial score (nSPS) is 10.7. The van der Waals surface area contributed by atoms with E-state index in [-0.39, 0.29) is 15.6 Å². The Hall–Kier alpha value is -1.66. The van der Waals surface area contributed by atoms with Crippen molar-refractivity contribution in [3.05, 3.63) is 52.8 Å². The van der Waals surface area contributed by atoms with E-state index in [0.717, 1.165) is 5.69 Å². The SMILES string of the molecule is Cc1ccc(C(=O)Nc2cccc(Cl)c2SC(F)F)cn1. The minimum atomic E-state index is -2.62. The number of alkyl halides is 2. The second kappa shape index (κ2) is 6.87. The molecule has 0 fully saturated rings. The number of hydrogen-bond acceptors (Lipinski definition) is 3. The lowest BCUT2D eigenvalue weighted by Gasteiger charge is -2.12. The van der Waals surface area contributed by atoms with Gasteiger partial charge in [-0.3, -0.25) is 9.78 Å². The molecule has 7 heteroatoms. The van der Waals surface area contributed by atoms with E-state index in [0.29, 0.717) is 17.3 Å². The second-order valence-electron chi connectivity index (χ2n) is 4.14. The van der Waals surface area contributed by atoms with Gasteiger partial charge in [0.1, 0.15) is 0 Å². The maximum atomic E-state index is 12.6. The fourth-order valence-electron chi connectivity index (χ4n) is 1.61. The Bertz CT molecular complexity index is 650. The Morgan fingerprint density at radius 2 is 2.10 bits per heavy atom. The number of hydrogen-bond donors (Lipinski definition) is 1. The van der Waals surface area contributed by atoms with E-state index in [1.807, 2.05) is 0 Å². The zero-order valence-electron chi connectivity index (χ0n) is 10.9. The van der Waals surface area contributed by atoms with Crippen LogP contribution < -0.4 is 5.32 Å². The van der Waals surface area contributed by atoms with Gasteiger partial charge >= 0.3 is 0 Å². The first-order valence-electron chi connectivity index (χ1n) is 5.94. The maximum absolute atomic E-state index is 12.6. The van der Waals surface area contributed by atoms with E-state index < -0.39 is 11.7 Å². The van der Waals surface area contributed by atoms with Crippen LogP contribution >= 0.6 is 23.4 Å². The predicted octanol–water partition coefficient (Wildman–Crippen LogP) is 4.61. The van der Waals surface area contributed by atoms with Crippen LogP contribution in [0.5, 0.6) is 0 Å². The number of nitrogens with zero attached hydrogens (tertiary/aromatic N) is 1. The van der Waals surface area contributed by atoms with Gasteiger partial charge in [0.15, 0.2) is 0 Å². The molecule has 1 amide bonds. The number of thioether (sulfide) groups is 1. The summed E-state index contributed by atoms with van der Waals surface area (Å²) in [7, 11) is 0. The molecule has 1 aromatic carbocycles. The lowest BCUT2D eigenvalue weighted by atomic mass is 10.2. The van der Waals surface area contributed by atoms with Gasteiger partial charge in [0.2, 0.25) is 0 Å². The highest BCUT2D eigenvalue weighted by atomic mass is 35.5. The third kappa shape index (κ3) is 4.15. The van der Waals surface area contributed by atoms with Crippen molar-refractivity contribution in [2.75, 3.05) is 5.32 Å². The highest BCUT2D eigenvalue weighted by Crippen LogP contribution is 2.37. The van der Waals surface area contributed by atoms with Crippen LogP contribution in [0.3, 0.4) is 0 Å². The van der Waals surface area contributed by atoms with E-state index in [9.17, 15) is 13.6 Å². The summed E-state index contributed by atoms with van der Waals surface area (Å²) in [4.78, 5) is 16.2. The lowest BCUT2D eigenvalue weighted by Crippen LogP contribution is -2.13. The van der Waals surface area contributed by atoms with E-state index >= 15 is 0 Å². The van der Waals surface area contributed by atoms with E-state index in [1.165, 1.54) is 18.3 Å². The highest BCUT2D eigenvalue weighted by Gasteiger charge is 2.16. The predicted molar refractivity (Wildman–Crippen MR) is 80.2 cm³/mol. The summed E-state index contributed by atoms with van der Waals surface area (Å²) in [5.41, 5.74) is 1.37. The number of aromatic nitrogens is 1. The van der Waals surface area contributed by atoms with Crippen molar-refractivity contribution in [3.63, 3.8) is 0 Å². The molecule has 0 aliphatic carbocycles. The number of carbonyl (C=O) groups excluding carboxylic acids is 1. The average Bonchev–Trinajstić information content (AvgIpc) is 2.43. The van der Waals surface area contributed by atoms with Gasteiger partial charge in [-0.1, -0.05) is 29.4 Å². The molecule has 0 spiro atoms. The summed E-state index contributed by atoms with van der Waals surface area (Å²) in [6, 6.07) is 7.91. The van der Waals surface area contributed by atoms with Crippen molar-refractivity contribution in [1.29, 1.82) is 0 Å². The molecule has 1 aromatic heterocycles. The van der Waals surface area contributed by atoms with Crippen LogP contribution in [0, 0.1) is 6.92 Å². The first kappa shape index (κ1) is 15.7. The monoisotopic (exact) mass is 328 g/mol. The van der Waals surface area contributed by atoms with Crippen LogP contribution in [-0.4, -0.2) is 16.6 Å². The number of anilines is 1. The minimum Gasteiger partial charge on any atom is -0.321 e. The lowest BCUT2D eigenvalue weighted by molar-refractivity contribution is 0.102. The van der Waals surface area contributed by atoms with Crippen LogP contribution in [0.15, 0.2) is 41.4 Å². The van der Waals surface area contributed by atoms with Crippen molar-refractivity contribution in [2.45, 2.75) is 17.6 Å². The molecule has 0 bridgehead atoms. The van der Waals surface area contributed by atoms with Crippen molar-refractivity contribution < 1.29 is 13.6 Å². The zero-order valence-corrected chi connectivity index (χ0v) is 12.5. The highest BCUT2D eigenvalue weighted by molar-refractivity contribution is 7.99. The largest absolute Gasteiger partial charge is 0.321 e. The summed E-state index contributed by atoms with van der Waals surface area (Å²) in [5.74, 6) is -3.05. The van der Waals surface area contributed by atoms with Crippen LogP contribution in [0.1, 0.15) is 16.1 Å². The molecule has 0 aliphatic heterocycles. The maximum Gasteiger partial charge on any atom is 0.289 e.